The smallest absolute Gasteiger partial charge is 0.107 e. The van der Waals surface area contributed by atoms with Crippen LogP contribution in [0.3, 0.4) is 0 Å². The van der Waals surface area contributed by atoms with Gasteiger partial charge in [-0.3, -0.25) is 0 Å². The van der Waals surface area contributed by atoms with Crippen LogP contribution in [0.5, 0.6) is 0 Å². The Morgan fingerprint density at radius 2 is 2.38 bits per heavy atom. The van der Waals surface area contributed by atoms with Crippen molar-refractivity contribution in [3.05, 3.63) is 12.7 Å². The number of allylic oxidation sites excluding steroid dienone is 1. The number of terminal acetylenes is 1. The second-order valence-corrected chi connectivity index (χ2v) is 3.43. The Hall–Kier alpha value is -0.780. The Balaban J connectivity index is 2.35. The van der Waals surface area contributed by atoms with Crippen molar-refractivity contribution in [2.24, 2.45) is 5.92 Å². The summed E-state index contributed by atoms with van der Waals surface area (Å²) in [7, 11) is 0. The van der Waals surface area contributed by atoms with Gasteiger partial charge >= 0.3 is 0 Å². The van der Waals surface area contributed by atoms with Gasteiger partial charge in [0.1, 0.15) is 6.61 Å². The Bertz CT molecular complexity index is 205. The van der Waals surface area contributed by atoms with Crippen molar-refractivity contribution in [3.8, 4) is 12.3 Å². The molecule has 1 aliphatic rings. The molecule has 0 aromatic rings. The molecule has 0 aromatic carbocycles. The van der Waals surface area contributed by atoms with Gasteiger partial charge in [-0.05, 0) is 25.2 Å². The third-order valence-electron chi connectivity index (χ3n) is 2.51. The van der Waals surface area contributed by atoms with Gasteiger partial charge in [-0.25, -0.2) is 0 Å². The molecular formula is C11H16O2. The van der Waals surface area contributed by atoms with Gasteiger partial charge in [0.25, 0.3) is 0 Å². The monoisotopic (exact) mass is 180 g/mol. The Kier molecular flexibility index (Phi) is 4.01. The summed E-state index contributed by atoms with van der Waals surface area (Å²) >= 11 is 0. The van der Waals surface area contributed by atoms with Gasteiger partial charge in [0.05, 0.1) is 12.2 Å². The lowest BCUT2D eigenvalue weighted by molar-refractivity contribution is -0.0551. The van der Waals surface area contributed by atoms with E-state index in [1.807, 2.05) is 6.08 Å². The summed E-state index contributed by atoms with van der Waals surface area (Å²) in [5.41, 5.74) is 0. The van der Waals surface area contributed by atoms with Gasteiger partial charge in [-0.1, -0.05) is 12.0 Å². The van der Waals surface area contributed by atoms with Crippen molar-refractivity contribution < 1.29 is 9.84 Å². The van der Waals surface area contributed by atoms with Crippen molar-refractivity contribution in [2.45, 2.75) is 31.5 Å². The van der Waals surface area contributed by atoms with Gasteiger partial charge in [0.2, 0.25) is 0 Å². The third kappa shape index (κ3) is 2.87. The van der Waals surface area contributed by atoms with Crippen LogP contribution < -0.4 is 0 Å². The number of aliphatic hydroxyl groups excluding tert-OH is 1. The predicted octanol–water partition coefficient (Wildman–Crippen LogP) is 1.35. The van der Waals surface area contributed by atoms with E-state index in [0.29, 0.717) is 12.5 Å². The Morgan fingerprint density at radius 3 is 2.92 bits per heavy atom. The van der Waals surface area contributed by atoms with Crippen LogP contribution in [0.1, 0.15) is 19.3 Å². The summed E-state index contributed by atoms with van der Waals surface area (Å²) in [5, 5.41) is 9.66. The molecule has 3 atom stereocenters. The maximum Gasteiger partial charge on any atom is 0.107 e. The van der Waals surface area contributed by atoms with Gasteiger partial charge in [0, 0.05) is 0 Å². The highest BCUT2D eigenvalue weighted by atomic mass is 16.5. The summed E-state index contributed by atoms with van der Waals surface area (Å²) in [6.07, 6.45) is 9.18. The Morgan fingerprint density at radius 1 is 1.62 bits per heavy atom. The number of rotatable bonds is 3. The van der Waals surface area contributed by atoms with E-state index in [-0.39, 0.29) is 12.2 Å². The summed E-state index contributed by atoms with van der Waals surface area (Å²) in [6.45, 7) is 4.01. The van der Waals surface area contributed by atoms with Gasteiger partial charge in [-0.15, -0.1) is 13.0 Å². The lowest BCUT2D eigenvalue weighted by Crippen LogP contribution is -2.35. The zero-order valence-corrected chi connectivity index (χ0v) is 7.78. The summed E-state index contributed by atoms with van der Waals surface area (Å²) in [5.74, 6) is 2.84. The molecule has 2 nitrogen and oxygen atoms in total. The van der Waals surface area contributed by atoms with Crippen LogP contribution in [-0.2, 0) is 4.74 Å². The molecule has 0 heterocycles. The molecule has 0 bridgehead atoms. The highest BCUT2D eigenvalue weighted by Crippen LogP contribution is 2.27. The average molecular weight is 180 g/mol. The number of ether oxygens (including phenoxy) is 1. The summed E-state index contributed by atoms with van der Waals surface area (Å²) in [4.78, 5) is 0. The van der Waals surface area contributed by atoms with Crippen LogP contribution in [0.15, 0.2) is 12.7 Å². The third-order valence-corrected chi connectivity index (χ3v) is 2.51. The van der Waals surface area contributed by atoms with Crippen LogP contribution in [0.4, 0.5) is 0 Å². The van der Waals surface area contributed by atoms with Crippen molar-refractivity contribution in [1.82, 2.24) is 0 Å². The second-order valence-electron chi connectivity index (χ2n) is 3.43. The van der Waals surface area contributed by atoms with Gasteiger partial charge in [0.15, 0.2) is 0 Å². The summed E-state index contributed by atoms with van der Waals surface area (Å²) in [6, 6.07) is 0. The molecule has 0 amide bonds. The molecule has 0 spiro atoms. The van der Waals surface area contributed by atoms with E-state index in [0.717, 1.165) is 19.3 Å². The number of hydrogen-bond donors (Lipinski definition) is 1. The minimum Gasteiger partial charge on any atom is -0.390 e. The lowest BCUT2D eigenvalue weighted by atomic mass is 9.85. The zero-order valence-electron chi connectivity index (χ0n) is 7.78. The van der Waals surface area contributed by atoms with Gasteiger partial charge < -0.3 is 9.84 Å². The van der Waals surface area contributed by atoms with E-state index in [4.69, 9.17) is 11.2 Å². The maximum atomic E-state index is 9.66. The topological polar surface area (TPSA) is 29.5 Å². The highest BCUT2D eigenvalue weighted by molar-refractivity contribution is 4.90. The first kappa shape index (κ1) is 10.3. The minimum atomic E-state index is -0.384. The lowest BCUT2D eigenvalue weighted by Gasteiger charge is -2.31. The van der Waals surface area contributed by atoms with Crippen molar-refractivity contribution in [2.75, 3.05) is 6.61 Å². The molecule has 0 saturated heterocycles. The fourth-order valence-corrected chi connectivity index (χ4v) is 1.71. The highest BCUT2D eigenvalue weighted by Gasteiger charge is 2.27. The molecule has 0 aromatic heterocycles. The van der Waals surface area contributed by atoms with Crippen molar-refractivity contribution >= 4 is 0 Å². The first-order valence-corrected chi connectivity index (χ1v) is 4.63. The molecule has 0 radical (unpaired) electrons. The average Bonchev–Trinajstić information content (AvgIpc) is 2.16. The van der Waals surface area contributed by atoms with Crippen LogP contribution in [-0.4, -0.2) is 23.9 Å². The molecule has 13 heavy (non-hydrogen) atoms. The number of aliphatic hydroxyl groups is 1. The van der Waals surface area contributed by atoms with Crippen molar-refractivity contribution in [3.63, 3.8) is 0 Å². The molecular weight excluding hydrogens is 164 g/mol. The SMILES string of the molecule is C#CCOC1CCC(C=C)CC1O. The van der Waals surface area contributed by atoms with E-state index in [9.17, 15) is 5.11 Å². The molecule has 1 rings (SSSR count). The van der Waals surface area contributed by atoms with E-state index >= 15 is 0 Å². The summed E-state index contributed by atoms with van der Waals surface area (Å²) < 4.78 is 5.32. The van der Waals surface area contributed by atoms with Gasteiger partial charge in [-0.2, -0.15) is 0 Å². The molecule has 1 aliphatic carbocycles. The standard InChI is InChI=1S/C11H16O2/c1-3-7-13-11-6-5-9(4-2)8-10(11)12/h1,4,9-12H,2,5-8H2. The molecule has 2 heteroatoms. The molecule has 1 saturated carbocycles. The Labute approximate surface area is 79.6 Å². The number of hydrogen-bond acceptors (Lipinski definition) is 2. The normalized spacial score (nSPS) is 33.7. The zero-order chi connectivity index (χ0) is 9.68. The van der Waals surface area contributed by atoms with E-state index in [2.05, 4.69) is 12.5 Å². The predicted molar refractivity (Wildman–Crippen MR) is 52.1 cm³/mol. The molecule has 0 aliphatic heterocycles. The van der Waals surface area contributed by atoms with Crippen LogP contribution >= 0.6 is 0 Å². The van der Waals surface area contributed by atoms with Crippen LogP contribution in [0, 0.1) is 18.3 Å². The van der Waals surface area contributed by atoms with E-state index in [1.54, 1.807) is 0 Å². The van der Waals surface area contributed by atoms with Crippen LogP contribution in [0.2, 0.25) is 0 Å². The fourth-order valence-electron chi connectivity index (χ4n) is 1.71. The van der Waals surface area contributed by atoms with Crippen LogP contribution in [0.25, 0.3) is 0 Å². The first-order valence-electron chi connectivity index (χ1n) is 4.63. The fraction of sp³-hybridized carbons (Fsp3) is 0.636. The second kappa shape index (κ2) is 5.06. The quantitative estimate of drug-likeness (QED) is 0.525. The molecule has 1 N–H and O–H groups in total. The molecule has 72 valence electrons. The molecule has 3 unspecified atom stereocenters. The van der Waals surface area contributed by atoms with E-state index < -0.39 is 0 Å². The van der Waals surface area contributed by atoms with E-state index in [1.165, 1.54) is 0 Å². The largest absolute Gasteiger partial charge is 0.390 e. The maximum absolute atomic E-state index is 9.66. The molecule has 1 fully saturated rings. The first-order chi connectivity index (χ1) is 6.27. The minimum absolute atomic E-state index is 0.0766. The van der Waals surface area contributed by atoms with Crippen molar-refractivity contribution in [1.29, 1.82) is 0 Å².